The molecule has 188 valence electrons. The van der Waals surface area contributed by atoms with Crippen LogP contribution in [-0.2, 0) is 22.5 Å². The molecule has 0 saturated heterocycles. The van der Waals surface area contributed by atoms with Gasteiger partial charge in [0, 0.05) is 11.3 Å². The minimum atomic E-state index is -0.913. The molecule has 4 aromatic rings. The zero-order valence-corrected chi connectivity index (χ0v) is 21.2. The molecule has 37 heavy (non-hydrogen) atoms. The van der Waals surface area contributed by atoms with Crippen molar-refractivity contribution in [1.29, 1.82) is 0 Å². The van der Waals surface area contributed by atoms with E-state index in [2.05, 4.69) is 11.8 Å². The number of thiophene rings is 1. The Morgan fingerprint density at radius 2 is 1.70 bits per heavy atom. The van der Waals surface area contributed by atoms with Crippen molar-refractivity contribution in [2.24, 2.45) is 5.73 Å². The highest BCUT2D eigenvalue weighted by molar-refractivity contribution is 7.12. The number of ether oxygens (including phenoxy) is 1. The summed E-state index contributed by atoms with van der Waals surface area (Å²) in [7, 11) is 1.61. The predicted molar refractivity (Wildman–Crippen MR) is 142 cm³/mol. The standard InChI is InChI=1S/C29H25FN2O4S/c1-19(3-12-26-13-14-27(37-26)16-20-5-9-24(30)10-6-20)32(29(31)34)36-28(33)17-21-4-7-23-18-25(35-2)11-8-22(23)15-21/h4-11,13-15,18-19H,16-17H2,1-2H3,(H2,31,34). The van der Waals surface area contributed by atoms with Crippen LogP contribution in [0, 0.1) is 17.7 Å². The number of benzene rings is 3. The number of urea groups is 1. The Bertz CT molecular complexity index is 1490. The zero-order valence-electron chi connectivity index (χ0n) is 20.4. The SMILES string of the molecule is COc1ccc2cc(CC(=O)ON(C(N)=O)C(C)C#Cc3ccc(Cc4ccc(F)cc4)s3)ccc2c1. The Hall–Kier alpha value is -4.35. The number of methoxy groups -OCH3 is 1. The topological polar surface area (TPSA) is 81.9 Å². The van der Waals surface area contributed by atoms with Crippen molar-refractivity contribution in [3.8, 4) is 17.6 Å². The Balaban J connectivity index is 1.38. The molecule has 0 radical (unpaired) electrons. The Labute approximate surface area is 218 Å². The first-order valence-electron chi connectivity index (χ1n) is 11.5. The minimum Gasteiger partial charge on any atom is -0.497 e. The van der Waals surface area contributed by atoms with E-state index in [1.165, 1.54) is 23.5 Å². The number of halogens is 1. The molecule has 6 nitrogen and oxygen atoms in total. The molecule has 0 aliphatic rings. The van der Waals surface area contributed by atoms with Crippen LogP contribution < -0.4 is 10.5 Å². The predicted octanol–water partition coefficient (Wildman–Crippen LogP) is 5.46. The number of hydroxylamine groups is 2. The lowest BCUT2D eigenvalue weighted by molar-refractivity contribution is -0.178. The average molecular weight is 517 g/mol. The largest absolute Gasteiger partial charge is 0.497 e. The van der Waals surface area contributed by atoms with Crippen LogP contribution in [0.1, 0.15) is 27.8 Å². The molecule has 0 spiro atoms. The van der Waals surface area contributed by atoms with Crippen LogP contribution in [-0.4, -0.2) is 30.2 Å². The Kier molecular flexibility index (Phi) is 8.06. The molecular formula is C29H25FN2O4S. The van der Waals surface area contributed by atoms with Gasteiger partial charge in [0.1, 0.15) is 17.6 Å². The molecule has 1 atom stereocenters. The van der Waals surface area contributed by atoms with Gasteiger partial charge in [0.2, 0.25) is 0 Å². The second kappa shape index (κ2) is 11.6. The molecule has 3 aromatic carbocycles. The number of primary amides is 1. The first kappa shape index (κ1) is 25.7. The third-order valence-corrected chi connectivity index (χ3v) is 6.59. The highest BCUT2D eigenvalue weighted by atomic mass is 32.1. The summed E-state index contributed by atoms with van der Waals surface area (Å²) in [5.41, 5.74) is 7.19. The lowest BCUT2D eigenvalue weighted by Gasteiger charge is -2.21. The third-order valence-electron chi connectivity index (χ3n) is 5.59. The summed E-state index contributed by atoms with van der Waals surface area (Å²) in [6, 6.07) is 19.8. The number of carbonyl (C=O) groups excluding carboxylic acids is 2. The van der Waals surface area contributed by atoms with Gasteiger partial charge >= 0.3 is 12.0 Å². The molecule has 8 heteroatoms. The van der Waals surface area contributed by atoms with E-state index >= 15 is 0 Å². The number of hydrogen-bond donors (Lipinski definition) is 1. The molecule has 0 bridgehead atoms. The number of fused-ring (bicyclic) bond motifs is 1. The zero-order chi connectivity index (χ0) is 26.4. The van der Waals surface area contributed by atoms with Crippen LogP contribution in [0.2, 0.25) is 0 Å². The number of hydrogen-bond acceptors (Lipinski definition) is 5. The van der Waals surface area contributed by atoms with Gasteiger partial charge in [0.05, 0.1) is 18.4 Å². The lowest BCUT2D eigenvalue weighted by atomic mass is 10.0. The summed E-state index contributed by atoms with van der Waals surface area (Å²) in [6.45, 7) is 1.63. The van der Waals surface area contributed by atoms with E-state index in [9.17, 15) is 14.0 Å². The van der Waals surface area contributed by atoms with Gasteiger partial charge in [-0.25, -0.2) is 14.0 Å². The second-order valence-electron chi connectivity index (χ2n) is 8.37. The van der Waals surface area contributed by atoms with Crippen LogP contribution in [0.3, 0.4) is 0 Å². The second-order valence-corrected chi connectivity index (χ2v) is 9.53. The van der Waals surface area contributed by atoms with Crippen LogP contribution in [0.25, 0.3) is 10.8 Å². The monoisotopic (exact) mass is 516 g/mol. The smallest absolute Gasteiger partial charge is 0.349 e. The first-order chi connectivity index (χ1) is 17.8. The summed E-state index contributed by atoms with van der Waals surface area (Å²) in [4.78, 5) is 31.7. The summed E-state index contributed by atoms with van der Waals surface area (Å²) in [5, 5.41) is 2.72. The van der Waals surface area contributed by atoms with E-state index in [1.54, 1.807) is 26.2 Å². The lowest BCUT2D eigenvalue weighted by Crippen LogP contribution is -2.43. The third kappa shape index (κ3) is 6.87. The Morgan fingerprint density at radius 1 is 1.00 bits per heavy atom. The number of nitrogens with zero attached hydrogens (tertiary/aromatic N) is 1. The molecule has 1 heterocycles. The maximum absolute atomic E-state index is 13.1. The summed E-state index contributed by atoms with van der Waals surface area (Å²) >= 11 is 1.50. The maximum atomic E-state index is 13.1. The van der Waals surface area contributed by atoms with E-state index in [-0.39, 0.29) is 12.2 Å². The van der Waals surface area contributed by atoms with E-state index in [0.717, 1.165) is 42.5 Å². The highest BCUT2D eigenvalue weighted by Crippen LogP contribution is 2.23. The van der Waals surface area contributed by atoms with E-state index < -0.39 is 18.0 Å². The molecular weight excluding hydrogens is 491 g/mol. The highest BCUT2D eigenvalue weighted by Gasteiger charge is 2.21. The van der Waals surface area contributed by atoms with Crippen molar-refractivity contribution in [3.63, 3.8) is 0 Å². The van der Waals surface area contributed by atoms with E-state index in [0.29, 0.717) is 6.42 Å². The average Bonchev–Trinajstić information content (AvgIpc) is 3.34. The minimum absolute atomic E-state index is 0.0381. The fraction of sp³-hybridized carbons (Fsp3) is 0.172. The van der Waals surface area contributed by atoms with Crippen LogP contribution in [0.15, 0.2) is 72.8 Å². The van der Waals surface area contributed by atoms with Crippen molar-refractivity contribution >= 4 is 34.1 Å². The van der Waals surface area contributed by atoms with Crippen LogP contribution >= 0.6 is 11.3 Å². The molecule has 4 rings (SSSR count). The molecule has 2 amide bonds. The molecule has 0 aliphatic heterocycles. The van der Waals surface area contributed by atoms with Crippen molar-refractivity contribution in [1.82, 2.24) is 5.06 Å². The van der Waals surface area contributed by atoms with Crippen LogP contribution in [0.5, 0.6) is 5.75 Å². The molecule has 2 N–H and O–H groups in total. The summed E-state index contributed by atoms with van der Waals surface area (Å²) in [6.07, 6.45) is 0.624. The Morgan fingerprint density at radius 3 is 2.43 bits per heavy atom. The first-order valence-corrected chi connectivity index (χ1v) is 12.3. The van der Waals surface area contributed by atoms with Gasteiger partial charge in [-0.2, -0.15) is 0 Å². The number of amides is 2. The van der Waals surface area contributed by atoms with Crippen molar-refractivity contribution in [2.75, 3.05) is 7.11 Å². The van der Waals surface area contributed by atoms with Crippen molar-refractivity contribution in [2.45, 2.75) is 25.8 Å². The van der Waals surface area contributed by atoms with Gasteiger partial charge in [-0.05, 0) is 65.2 Å². The van der Waals surface area contributed by atoms with Crippen molar-refractivity contribution in [3.05, 3.63) is 99.5 Å². The van der Waals surface area contributed by atoms with Gasteiger partial charge in [0.25, 0.3) is 0 Å². The maximum Gasteiger partial charge on any atom is 0.349 e. The van der Waals surface area contributed by atoms with Crippen LogP contribution in [0.4, 0.5) is 9.18 Å². The van der Waals surface area contributed by atoms with Gasteiger partial charge in [-0.15, -0.1) is 16.4 Å². The number of rotatable bonds is 6. The molecule has 0 saturated carbocycles. The number of nitrogens with two attached hydrogens (primary N) is 1. The van der Waals surface area contributed by atoms with Gasteiger partial charge in [-0.1, -0.05) is 48.2 Å². The normalized spacial score (nSPS) is 11.3. The molecule has 0 fully saturated rings. The quantitative estimate of drug-likeness (QED) is 0.273. The molecule has 0 aliphatic carbocycles. The van der Waals surface area contributed by atoms with E-state index in [1.807, 2.05) is 48.5 Å². The molecule has 1 unspecified atom stereocenters. The van der Waals surface area contributed by atoms with Gasteiger partial charge < -0.3 is 15.3 Å². The van der Waals surface area contributed by atoms with Gasteiger partial charge in [-0.3, -0.25) is 0 Å². The van der Waals surface area contributed by atoms with Crippen molar-refractivity contribution < 1.29 is 23.6 Å². The number of carbonyl (C=O) groups is 2. The fourth-order valence-electron chi connectivity index (χ4n) is 3.71. The summed E-state index contributed by atoms with van der Waals surface area (Å²) < 4.78 is 18.3. The van der Waals surface area contributed by atoms with Gasteiger partial charge in [0.15, 0.2) is 0 Å². The fourth-order valence-corrected chi connectivity index (χ4v) is 4.61. The molecule has 1 aromatic heterocycles. The van der Waals surface area contributed by atoms with E-state index in [4.69, 9.17) is 15.3 Å². The summed E-state index contributed by atoms with van der Waals surface area (Å²) in [5.74, 6) is 5.77.